The van der Waals surface area contributed by atoms with Crippen molar-refractivity contribution in [3.8, 4) is 0 Å². The first-order valence-electron chi connectivity index (χ1n) is 9.87. The Hall–Kier alpha value is -3.08. The highest BCUT2D eigenvalue weighted by Gasteiger charge is 2.45. The highest BCUT2D eigenvalue weighted by molar-refractivity contribution is 5.97. The van der Waals surface area contributed by atoms with Gasteiger partial charge in [0.05, 0.1) is 12.6 Å². The van der Waals surface area contributed by atoms with Crippen LogP contribution < -0.4 is 0 Å². The van der Waals surface area contributed by atoms with E-state index in [1.54, 1.807) is 9.80 Å². The maximum Gasteiger partial charge on any atom is 0.246 e. The van der Waals surface area contributed by atoms with Crippen molar-refractivity contribution in [1.29, 1.82) is 0 Å². The van der Waals surface area contributed by atoms with E-state index >= 15 is 0 Å². The van der Waals surface area contributed by atoms with Gasteiger partial charge in [-0.15, -0.1) is 0 Å². The third-order valence-corrected chi connectivity index (χ3v) is 6.14. The molecule has 5 rings (SSSR count). The fraction of sp³-hybridized carbons (Fsp3) is 0.304. The number of H-pyrrole nitrogens is 1. The third kappa shape index (κ3) is 2.61. The van der Waals surface area contributed by atoms with Crippen molar-refractivity contribution in [3.05, 3.63) is 71.4 Å². The molecule has 1 fully saturated rings. The molecule has 2 aliphatic rings. The molecule has 0 aliphatic carbocycles. The number of para-hydroxylation sites is 1. The fourth-order valence-electron chi connectivity index (χ4n) is 4.73. The smallest absolute Gasteiger partial charge is 0.246 e. The molecule has 1 aromatic heterocycles. The van der Waals surface area contributed by atoms with Crippen LogP contribution in [0.5, 0.6) is 0 Å². The monoisotopic (exact) mass is 373 g/mol. The van der Waals surface area contributed by atoms with Crippen LogP contribution >= 0.6 is 0 Å². The zero-order valence-electron chi connectivity index (χ0n) is 15.9. The molecule has 0 spiro atoms. The number of aromatic nitrogens is 1. The minimum absolute atomic E-state index is 0.0365. The van der Waals surface area contributed by atoms with Crippen molar-refractivity contribution < 1.29 is 9.59 Å². The molecule has 3 aromatic rings. The molecule has 2 aliphatic heterocycles. The zero-order valence-corrected chi connectivity index (χ0v) is 15.9. The molecule has 0 radical (unpaired) electrons. The third-order valence-electron chi connectivity index (χ3n) is 6.14. The lowest BCUT2D eigenvalue weighted by molar-refractivity contribution is -0.159. The van der Waals surface area contributed by atoms with Crippen molar-refractivity contribution in [2.75, 3.05) is 13.1 Å². The van der Waals surface area contributed by atoms with Crippen molar-refractivity contribution in [2.24, 2.45) is 0 Å². The van der Waals surface area contributed by atoms with Crippen molar-refractivity contribution in [2.45, 2.75) is 31.8 Å². The van der Waals surface area contributed by atoms with Crippen LogP contribution in [0, 0.1) is 0 Å². The normalized spacial score (nSPS) is 21.8. The summed E-state index contributed by atoms with van der Waals surface area (Å²) in [6.45, 7) is 2.77. The Labute approximate surface area is 163 Å². The number of carbonyl (C=O) groups excluding carboxylic acids is 2. The van der Waals surface area contributed by atoms with Gasteiger partial charge in [0.1, 0.15) is 6.04 Å². The minimum atomic E-state index is -0.404. The molecule has 2 atom stereocenters. The van der Waals surface area contributed by atoms with Gasteiger partial charge in [0, 0.05) is 29.6 Å². The molecule has 1 N–H and O–H groups in total. The number of carbonyl (C=O) groups is 2. The van der Waals surface area contributed by atoms with Gasteiger partial charge in [-0.2, -0.15) is 0 Å². The number of nitrogens with one attached hydrogen (secondary N) is 1. The van der Waals surface area contributed by atoms with E-state index in [2.05, 4.69) is 29.2 Å². The summed E-state index contributed by atoms with van der Waals surface area (Å²) in [6, 6.07) is 17.8. The van der Waals surface area contributed by atoms with Crippen molar-refractivity contribution >= 4 is 22.7 Å². The molecular formula is C23H23N3O2. The number of piperazine rings is 1. The van der Waals surface area contributed by atoms with Crippen LogP contribution in [0.25, 0.3) is 10.9 Å². The zero-order chi connectivity index (χ0) is 19.3. The molecule has 2 aromatic carbocycles. The van der Waals surface area contributed by atoms with Crippen molar-refractivity contribution in [1.82, 2.24) is 14.8 Å². The molecule has 5 heteroatoms. The SMILES string of the molecule is C[C@H]1c2[nH]c3ccccc3c2C[C@H]2C(=O)N(CCc3ccccc3)CC(=O)N21. The first kappa shape index (κ1) is 17.0. The van der Waals surface area contributed by atoms with Gasteiger partial charge < -0.3 is 14.8 Å². The summed E-state index contributed by atoms with van der Waals surface area (Å²) in [5, 5.41) is 1.16. The van der Waals surface area contributed by atoms with Crippen LogP contribution in [-0.4, -0.2) is 45.7 Å². The number of amides is 2. The lowest BCUT2D eigenvalue weighted by atomic mass is 9.90. The topological polar surface area (TPSA) is 56.4 Å². The average molecular weight is 373 g/mol. The summed E-state index contributed by atoms with van der Waals surface area (Å²) in [5.74, 6) is 0.104. The Kier molecular flexibility index (Phi) is 3.97. The quantitative estimate of drug-likeness (QED) is 0.767. The van der Waals surface area contributed by atoms with Crippen LogP contribution in [0.2, 0.25) is 0 Å². The van der Waals surface area contributed by atoms with Crippen LogP contribution in [-0.2, 0) is 22.4 Å². The second-order valence-corrected chi connectivity index (χ2v) is 7.76. The van der Waals surface area contributed by atoms with E-state index < -0.39 is 6.04 Å². The van der Waals surface area contributed by atoms with Gasteiger partial charge in [-0.3, -0.25) is 9.59 Å². The minimum Gasteiger partial charge on any atom is -0.356 e. The summed E-state index contributed by atoms with van der Waals surface area (Å²) in [4.78, 5) is 33.2. The van der Waals surface area contributed by atoms with Gasteiger partial charge in [-0.1, -0.05) is 48.5 Å². The standard InChI is InChI=1S/C23H23N3O2/c1-15-22-18(17-9-5-6-10-19(17)24-22)13-20-23(28)25(14-21(27)26(15)20)12-11-16-7-3-2-4-8-16/h2-10,15,20,24H,11-14H2,1H3/t15-,20-/m0/s1. The number of benzene rings is 2. The average Bonchev–Trinajstić information content (AvgIpc) is 3.09. The summed E-state index contributed by atoms with van der Waals surface area (Å²) in [7, 11) is 0. The Bertz CT molecular complexity index is 1060. The molecule has 142 valence electrons. The number of aromatic amines is 1. The van der Waals surface area contributed by atoms with Gasteiger partial charge in [0.2, 0.25) is 11.8 Å². The summed E-state index contributed by atoms with van der Waals surface area (Å²) < 4.78 is 0. The first-order chi connectivity index (χ1) is 13.6. The molecule has 1 saturated heterocycles. The molecule has 5 nitrogen and oxygen atoms in total. The van der Waals surface area contributed by atoms with Gasteiger partial charge >= 0.3 is 0 Å². The largest absolute Gasteiger partial charge is 0.356 e. The Balaban J connectivity index is 1.44. The number of fused-ring (bicyclic) bond motifs is 4. The van der Waals surface area contributed by atoms with E-state index in [1.165, 1.54) is 11.1 Å². The first-order valence-corrected chi connectivity index (χ1v) is 9.87. The second-order valence-electron chi connectivity index (χ2n) is 7.76. The summed E-state index contributed by atoms with van der Waals surface area (Å²) >= 11 is 0. The van der Waals surface area contributed by atoms with Crippen LogP contribution in [0.15, 0.2) is 54.6 Å². The van der Waals surface area contributed by atoms with E-state index in [0.29, 0.717) is 13.0 Å². The summed E-state index contributed by atoms with van der Waals surface area (Å²) in [5.41, 5.74) is 4.49. The molecule has 28 heavy (non-hydrogen) atoms. The fourth-order valence-corrected chi connectivity index (χ4v) is 4.73. The van der Waals surface area contributed by atoms with Gasteiger partial charge in [-0.05, 0) is 30.5 Å². The predicted molar refractivity (Wildman–Crippen MR) is 108 cm³/mol. The number of hydrogen-bond donors (Lipinski definition) is 1. The van der Waals surface area contributed by atoms with Crippen LogP contribution in [0.1, 0.15) is 29.8 Å². The predicted octanol–water partition coefficient (Wildman–Crippen LogP) is 3.07. The maximum absolute atomic E-state index is 13.3. The van der Waals surface area contributed by atoms with E-state index in [4.69, 9.17) is 0 Å². The van der Waals surface area contributed by atoms with Gasteiger partial charge in [0.15, 0.2) is 0 Å². The molecular weight excluding hydrogens is 350 g/mol. The summed E-state index contributed by atoms with van der Waals surface area (Å²) in [6.07, 6.45) is 1.34. The number of rotatable bonds is 3. The Morgan fingerprint density at radius 1 is 1.04 bits per heavy atom. The van der Waals surface area contributed by atoms with Crippen LogP contribution in [0.3, 0.4) is 0 Å². The molecule has 3 heterocycles. The van der Waals surface area contributed by atoms with Gasteiger partial charge in [-0.25, -0.2) is 0 Å². The highest BCUT2D eigenvalue weighted by Crippen LogP contribution is 2.38. The van der Waals surface area contributed by atoms with Crippen LogP contribution in [0.4, 0.5) is 0 Å². The van der Waals surface area contributed by atoms with E-state index in [1.807, 2.05) is 37.3 Å². The van der Waals surface area contributed by atoms with E-state index in [-0.39, 0.29) is 24.4 Å². The Morgan fingerprint density at radius 2 is 1.79 bits per heavy atom. The van der Waals surface area contributed by atoms with Crippen molar-refractivity contribution in [3.63, 3.8) is 0 Å². The molecule has 0 unspecified atom stereocenters. The molecule has 0 saturated carbocycles. The lowest BCUT2D eigenvalue weighted by Crippen LogP contribution is -2.62. The lowest BCUT2D eigenvalue weighted by Gasteiger charge is -2.46. The highest BCUT2D eigenvalue weighted by atomic mass is 16.2. The molecule has 0 bridgehead atoms. The van der Waals surface area contributed by atoms with Gasteiger partial charge in [0.25, 0.3) is 0 Å². The maximum atomic E-state index is 13.3. The second kappa shape index (κ2) is 6.51. The van der Waals surface area contributed by atoms with E-state index in [9.17, 15) is 9.59 Å². The molecule has 2 amide bonds. The van der Waals surface area contributed by atoms with E-state index in [0.717, 1.165) is 23.0 Å². The number of nitrogens with zero attached hydrogens (tertiary/aromatic N) is 2. The Morgan fingerprint density at radius 3 is 2.61 bits per heavy atom. The number of hydrogen-bond acceptors (Lipinski definition) is 2.